The zero-order chi connectivity index (χ0) is 16.4. The molecule has 0 aromatic carbocycles. The fourth-order valence-electron chi connectivity index (χ4n) is 3.00. The van der Waals surface area contributed by atoms with Gasteiger partial charge in [0.1, 0.15) is 5.76 Å². The number of pyridine rings is 1. The summed E-state index contributed by atoms with van der Waals surface area (Å²) in [5.74, 6) is 0.921. The van der Waals surface area contributed by atoms with Crippen molar-refractivity contribution in [2.24, 2.45) is 7.05 Å². The third-order valence-corrected chi connectivity index (χ3v) is 4.60. The highest BCUT2D eigenvalue weighted by molar-refractivity contribution is 5.20. The van der Waals surface area contributed by atoms with E-state index in [0.29, 0.717) is 0 Å². The number of piperazine rings is 1. The van der Waals surface area contributed by atoms with Crippen LogP contribution in [0.15, 0.2) is 27.6 Å². The summed E-state index contributed by atoms with van der Waals surface area (Å²) in [6.07, 6.45) is 1.84. The minimum Gasteiger partial charge on any atom is -0.361 e. The third-order valence-electron chi connectivity index (χ3n) is 4.60. The van der Waals surface area contributed by atoms with Crippen LogP contribution in [0.5, 0.6) is 0 Å². The summed E-state index contributed by atoms with van der Waals surface area (Å²) in [6.45, 7) is 9.79. The molecule has 23 heavy (non-hydrogen) atoms. The van der Waals surface area contributed by atoms with Crippen LogP contribution >= 0.6 is 0 Å². The van der Waals surface area contributed by atoms with Gasteiger partial charge in [-0.05, 0) is 25.5 Å². The van der Waals surface area contributed by atoms with E-state index in [-0.39, 0.29) is 5.56 Å². The van der Waals surface area contributed by atoms with Gasteiger partial charge in [0.05, 0.1) is 5.69 Å². The van der Waals surface area contributed by atoms with Crippen LogP contribution < -0.4 is 5.56 Å². The number of aryl methyl sites for hydroxylation is 3. The van der Waals surface area contributed by atoms with E-state index in [1.165, 1.54) is 5.56 Å². The second kappa shape index (κ2) is 6.68. The molecular weight excluding hydrogens is 292 g/mol. The van der Waals surface area contributed by atoms with Gasteiger partial charge >= 0.3 is 0 Å². The van der Waals surface area contributed by atoms with Gasteiger partial charge in [-0.25, -0.2) is 0 Å². The molecule has 1 fully saturated rings. The Morgan fingerprint density at radius 3 is 2.35 bits per heavy atom. The van der Waals surface area contributed by atoms with Gasteiger partial charge in [0, 0.05) is 64.1 Å². The molecule has 2 aromatic rings. The molecule has 3 heterocycles. The lowest BCUT2D eigenvalue weighted by molar-refractivity contribution is 0.121. The Labute approximate surface area is 136 Å². The van der Waals surface area contributed by atoms with Crippen molar-refractivity contribution in [1.82, 2.24) is 19.5 Å². The normalized spacial score (nSPS) is 16.8. The second-order valence-electron chi connectivity index (χ2n) is 6.34. The average Bonchev–Trinajstić information content (AvgIpc) is 2.85. The molecule has 0 spiro atoms. The molecule has 0 amide bonds. The Morgan fingerprint density at radius 1 is 1.13 bits per heavy atom. The van der Waals surface area contributed by atoms with Crippen LogP contribution in [-0.4, -0.2) is 45.7 Å². The molecule has 0 radical (unpaired) electrons. The summed E-state index contributed by atoms with van der Waals surface area (Å²) in [4.78, 5) is 16.5. The van der Waals surface area contributed by atoms with Gasteiger partial charge in [-0.15, -0.1) is 0 Å². The molecule has 0 atom stereocenters. The van der Waals surface area contributed by atoms with Gasteiger partial charge in [-0.2, -0.15) is 0 Å². The van der Waals surface area contributed by atoms with E-state index < -0.39 is 0 Å². The van der Waals surface area contributed by atoms with E-state index in [4.69, 9.17) is 4.52 Å². The molecule has 0 unspecified atom stereocenters. The van der Waals surface area contributed by atoms with E-state index in [1.54, 1.807) is 17.7 Å². The molecular formula is C17H24N4O2. The molecule has 6 nitrogen and oxygen atoms in total. The van der Waals surface area contributed by atoms with Crippen molar-refractivity contribution in [2.75, 3.05) is 26.2 Å². The minimum absolute atomic E-state index is 0.0551. The molecule has 0 bridgehead atoms. The zero-order valence-electron chi connectivity index (χ0n) is 14.1. The van der Waals surface area contributed by atoms with E-state index in [2.05, 4.69) is 15.0 Å². The molecule has 1 aliphatic rings. The van der Waals surface area contributed by atoms with Crippen molar-refractivity contribution >= 4 is 0 Å². The number of rotatable bonds is 4. The quantitative estimate of drug-likeness (QED) is 0.851. The maximum atomic E-state index is 11.7. The molecule has 1 saturated heterocycles. The van der Waals surface area contributed by atoms with E-state index in [1.807, 2.05) is 26.1 Å². The predicted octanol–water partition coefficient (Wildman–Crippen LogP) is 1.31. The maximum absolute atomic E-state index is 11.7. The van der Waals surface area contributed by atoms with Crippen molar-refractivity contribution in [1.29, 1.82) is 0 Å². The fraction of sp³-hybridized carbons (Fsp3) is 0.529. The zero-order valence-corrected chi connectivity index (χ0v) is 14.1. The third kappa shape index (κ3) is 3.71. The molecule has 0 saturated carbocycles. The summed E-state index contributed by atoms with van der Waals surface area (Å²) in [6, 6.07) is 3.76. The Balaban J connectivity index is 1.54. The molecule has 3 rings (SSSR count). The monoisotopic (exact) mass is 316 g/mol. The summed E-state index contributed by atoms with van der Waals surface area (Å²) in [7, 11) is 1.78. The largest absolute Gasteiger partial charge is 0.361 e. The van der Waals surface area contributed by atoms with Crippen molar-refractivity contribution in [2.45, 2.75) is 26.9 Å². The van der Waals surface area contributed by atoms with Crippen molar-refractivity contribution in [3.05, 3.63) is 51.3 Å². The van der Waals surface area contributed by atoms with Crippen molar-refractivity contribution in [3.8, 4) is 0 Å². The van der Waals surface area contributed by atoms with Crippen LogP contribution in [0.2, 0.25) is 0 Å². The van der Waals surface area contributed by atoms with Gasteiger partial charge in [0.15, 0.2) is 0 Å². The number of nitrogens with zero attached hydrogens (tertiary/aromatic N) is 4. The van der Waals surface area contributed by atoms with Crippen LogP contribution in [0.25, 0.3) is 0 Å². The summed E-state index contributed by atoms with van der Waals surface area (Å²) in [5.41, 5.74) is 3.35. The van der Waals surface area contributed by atoms with Crippen molar-refractivity contribution < 1.29 is 4.52 Å². The highest BCUT2D eigenvalue weighted by atomic mass is 16.5. The summed E-state index contributed by atoms with van der Waals surface area (Å²) in [5, 5.41) is 4.02. The minimum atomic E-state index is 0.0551. The smallest absolute Gasteiger partial charge is 0.250 e. The van der Waals surface area contributed by atoms with Crippen LogP contribution in [0.1, 0.15) is 22.6 Å². The first kappa shape index (κ1) is 16.0. The molecule has 124 valence electrons. The van der Waals surface area contributed by atoms with Gasteiger partial charge in [-0.1, -0.05) is 5.16 Å². The Hall–Kier alpha value is -1.92. The molecule has 6 heteroatoms. The lowest BCUT2D eigenvalue weighted by Gasteiger charge is -2.34. The average molecular weight is 316 g/mol. The Morgan fingerprint density at radius 2 is 1.78 bits per heavy atom. The van der Waals surface area contributed by atoms with Crippen LogP contribution in [-0.2, 0) is 20.1 Å². The lowest BCUT2D eigenvalue weighted by Crippen LogP contribution is -2.45. The number of aromatic nitrogens is 2. The van der Waals surface area contributed by atoms with E-state index in [9.17, 15) is 4.79 Å². The maximum Gasteiger partial charge on any atom is 0.250 e. The number of hydrogen-bond acceptors (Lipinski definition) is 5. The molecule has 0 N–H and O–H groups in total. The fourth-order valence-corrected chi connectivity index (χ4v) is 3.00. The second-order valence-corrected chi connectivity index (χ2v) is 6.34. The molecule has 1 aliphatic heterocycles. The van der Waals surface area contributed by atoms with Crippen LogP contribution in [0.3, 0.4) is 0 Å². The van der Waals surface area contributed by atoms with Gasteiger partial charge in [-0.3, -0.25) is 14.6 Å². The standard InChI is InChI=1S/C17H24N4O2/c1-13-16(14(2)23-18-13)12-21-8-6-20(7-9-21)11-15-4-5-19(3)17(22)10-15/h4-5,10H,6-9,11-12H2,1-3H3. The van der Waals surface area contributed by atoms with Gasteiger partial charge in [0.25, 0.3) is 5.56 Å². The topological polar surface area (TPSA) is 54.5 Å². The van der Waals surface area contributed by atoms with Crippen molar-refractivity contribution in [3.63, 3.8) is 0 Å². The molecule has 2 aromatic heterocycles. The van der Waals surface area contributed by atoms with Crippen LogP contribution in [0, 0.1) is 13.8 Å². The van der Waals surface area contributed by atoms with Gasteiger partial charge < -0.3 is 9.09 Å². The van der Waals surface area contributed by atoms with E-state index >= 15 is 0 Å². The highest BCUT2D eigenvalue weighted by Gasteiger charge is 2.20. The molecule has 0 aliphatic carbocycles. The first-order chi connectivity index (χ1) is 11.0. The summed E-state index contributed by atoms with van der Waals surface area (Å²) < 4.78 is 6.84. The summed E-state index contributed by atoms with van der Waals surface area (Å²) >= 11 is 0. The lowest BCUT2D eigenvalue weighted by atomic mass is 10.1. The predicted molar refractivity (Wildman–Crippen MR) is 88.2 cm³/mol. The highest BCUT2D eigenvalue weighted by Crippen LogP contribution is 2.16. The SMILES string of the molecule is Cc1noc(C)c1CN1CCN(Cc2ccn(C)c(=O)c2)CC1. The number of hydrogen-bond donors (Lipinski definition) is 0. The first-order valence-corrected chi connectivity index (χ1v) is 8.05. The van der Waals surface area contributed by atoms with E-state index in [0.717, 1.165) is 56.3 Å². The van der Waals surface area contributed by atoms with Gasteiger partial charge in [0.2, 0.25) is 0 Å². The first-order valence-electron chi connectivity index (χ1n) is 8.05. The Kier molecular flexibility index (Phi) is 4.63. The van der Waals surface area contributed by atoms with Crippen LogP contribution in [0.4, 0.5) is 0 Å². The Bertz CT molecular complexity index is 707.